The second-order valence-electron chi connectivity index (χ2n) is 7.77. The Hall–Kier alpha value is -1.62. The molecular weight excluding hydrogens is 433 g/mol. The minimum Gasteiger partial charge on any atom is -0.361 e. The van der Waals surface area contributed by atoms with Gasteiger partial charge in [-0.15, -0.1) is 11.3 Å². The van der Waals surface area contributed by atoms with Crippen molar-refractivity contribution in [3.05, 3.63) is 61.5 Å². The molecule has 0 radical (unpaired) electrons. The maximum atomic E-state index is 6.50. The molecule has 0 fully saturated rings. The molecule has 30 heavy (non-hydrogen) atoms. The Morgan fingerprint density at radius 2 is 1.87 bits per heavy atom. The van der Waals surface area contributed by atoms with Gasteiger partial charge in [0.1, 0.15) is 5.82 Å². The van der Waals surface area contributed by atoms with E-state index in [2.05, 4.69) is 37.5 Å². The Balaban J connectivity index is 1.76. The highest BCUT2D eigenvalue weighted by molar-refractivity contribution is 7.10. The van der Waals surface area contributed by atoms with E-state index in [0.29, 0.717) is 22.0 Å². The summed E-state index contributed by atoms with van der Waals surface area (Å²) in [7, 11) is 0. The van der Waals surface area contributed by atoms with Gasteiger partial charge in [0.15, 0.2) is 0 Å². The maximum Gasteiger partial charge on any atom is 0.148 e. The Morgan fingerprint density at radius 3 is 2.57 bits per heavy atom. The number of rotatable bonds is 6. The fraction of sp³-hybridized carbons (Fsp3) is 0.417. The first kappa shape index (κ1) is 21.6. The second-order valence-corrected chi connectivity index (χ2v) is 9.62. The van der Waals surface area contributed by atoms with Gasteiger partial charge >= 0.3 is 0 Å². The predicted molar refractivity (Wildman–Crippen MR) is 129 cm³/mol. The molecule has 6 heteroatoms. The lowest BCUT2D eigenvalue weighted by Gasteiger charge is -2.33. The van der Waals surface area contributed by atoms with Crippen LogP contribution in [0.25, 0.3) is 11.3 Å². The molecular formula is C24H27Cl2N3S. The van der Waals surface area contributed by atoms with Gasteiger partial charge in [-0.25, -0.2) is 9.97 Å². The molecule has 1 aliphatic rings. The smallest absolute Gasteiger partial charge is 0.148 e. The second kappa shape index (κ2) is 9.25. The van der Waals surface area contributed by atoms with Crippen LogP contribution in [0.15, 0.2) is 29.6 Å². The molecule has 0 saturated carbocycles. The highest BCUT2D eigenvalue weighted by atomic mass is 35.5. The third-order valence-corrected chi connectivity index (χ3v) is 7.59. The molecule has 4 rings (SSSR count). The minimum atomic E-state index is 0.291. The van der Waals surface area contributed by atoms with Crippen molar-refractivity contribution in [2.24, 2.45) is 5.92 Å². The van der Waals surface area contributed by atoms with E-state index in [1.54, 1.807) is 6.07 Å². The van der Waals surface area contributed by atoms with Crippen LogP contribution in [-0.2, 0) is 19.3 Å². The molecule has 3 aromatic rings. The molecule has 0 amide bonds. The average molecular weight is 460 g/mol. The molecule has 2 atom stereocenters. The third-order valence-electron chi connectivity index (χ3n) is 6.04. The van der Waals surface area contributed by atoms with Gasteiger partial charge in [0.05, 0.1) is 28.1 Å². The molecule has 0 unspecified atom stereocenters. The number of hydrogen-bond donors (Lipinski definition) is 1. The molecule has 1 aromatic carbocycles. The summed E-state index contributed by atoms with van der Waals surface area (Å²) in [6, 6.07) is 8.13. The summed E-state index contributed by atoms with van der Waals surface area (Å²) in [5.41, 5.74) is 5.10. The summed E-state index contributed by atoms with van der Waals surface area (Å²) in [4.78, 5) is 11.6. The number of nitrogens with one attached hydrogen (secondary N) is 1. The van der Waals surface area contributed by atoms with Gasteiger partial charge in [-0.2, -0.15) is 0 Å². The van der Waals surface area contributed by atoms with E-state index in [4.69, 9.17) is 33.2 Å². The monoisotopic (exact) mass is 459 g/mol. The molecule has 3 nitrogen and oxygen atoms in total. The van der Waals surface area contributed by atoms with Crippen LogP contribution >= 0.6 is 34.5 Å². The summed E-state index contributed by atoms with van der Waals surface area (Å²) in [6.45, 7) is 6.52. The topological polar surface area (TPSA) is 37.8 Å². The number of benzene rings is 1. The Bertz CT molecular complexity index is 1050. The van der Waals surface area contributed by atoms with Gasteiger partial charge < -0.3 is 5.32 Å². The molecule has 2 heterocycles. The van der Waals surface area contributed by atoms with Crippen molar-refractivity contribution in [3.8, 4) is 11.3 Å². The zero-order valence-electron chi connectivity index (χ0n) is 17.6. The van der Waals surface area contributed by atoms with Crippen LogP contribution in [0.4, 0.5) is 5.82 Å². The lowest BCUT2D eigenvalue weighted by molar-refractivity contribution is 0.389. The summed E-state index contributed by atoms with van der Waals surface area (Å²) in [5.74, 6) is 1.51. The van der Waals surface area contributed by atoms with Crippen molar-refractivity contribution < 1.29 is 0 Å². The van der Waals surface area contributed by atoms with Gasteiger partial charge in [-0.05, 0) is 66.8 Å². The number of aryl methyl sites for hydroxylation is 3. The largest absolute Gasteiger partial charge is 0.361 e. The van der Waals surface area contributed by atoms with Crippen molar-refractivity contribution in [1.82, 2.24) is 9.97 Å². The SMILES string of the molecule is CCc1nc(-c2ccc(Cl)cc2Cl)c(CC)nc1N[C@@H]1c2ccsc2CC[C@@H]1CC. The number of anilines is 1. The van der Waals surface area contributed by atoms with Crippen LogP contribution in [0.2, 0.25) is 10.0 Å². The molecule has 0 saturated heterocycles. The van der Waals surface area contributed by atoms with Crippen LogP contribution in [0.5, 0.6) is 0 Å². The molecule has 158 valence electrons. The van der Waals surface area contributed by atoms with Crippen molar-refractivity contribution in [1.29, 1.82) is 0 Å². The average Bonchev–Trinajstić information content (AvgIpc) is 3.23. The van der Waals surface area contributed by atoms with E-state index >= 15 is 0 Å². The van der Waals surface area contributed by atoms with Crippen LogP contribution in [-0.4, -0.2) is 9.97 Å². The van der Waals surface area contributed by atoms with E-state index in [-0.39, 0.29) is 0 Å². The number of halogens is 2. The van der Waals surface area contributed by atoms with E-state index < -0.39 is 0 Å². The first-order chi connectivity index (χ1) is 14.5. The molecule has 1 N–H and O–H groups in total. The molecule has 1 aliphatic carbocycles. The van der Waals surface area contributed by atoms with Crippen molar-refractivity contribution in [2.75, 3.05) is 5.32 Å². The van der Waals surface area contributed by atoms with Crippen LogP contribution < -0.4 is 5.32 Å². The minimum absolute atomic E-state index is 0.291. The lowest BCUT2D eigenvalue weighted by atomic mass is 9.82. The van der Waals surface area contributed by atoms with E-state index in [1.807, 2.05) is 23.5 Å². The fourth-order valence-electron chi connectivity index (χ4n) is 4.36. The van der Waals surface area contributed by atoms with Gasteiger partial charge in [-0.1, -0.05) is 50.4 Å². The highest BCUT2D eigenvalue weighted by Crippen LogP contribution is 2.41. The Morgan fingerprint density at radius 1 is 1.07 bits per heavy atom. The number of fused-ring (bicyclic) bond motifs is 1. The Kier molecular flexibility index (Phi) is 6.66. The highest BCUT2D eigenvalue weighted by Gasteiger charge is 2.30. The number of hydrogen-bond acceptors (Lipinski definition) is 4. The van der Waals surface area contributed by atoms with Gasteiger partial charge in [0.25, 0.3) is 0 Å². The van der Waals surface area contributed by atoms with Gasteiger partial charge in [0.2, 0.25) is 0 Å². The number of aromatic nitrogens is 2. The number of thiophene rings is 1. The quantitative estimate of drug-likeness (QED) is 0.408. The Labute approximate surface area is 192 Å². The third kappa shape index (κ3) is 4.10. The summed E-state index contributed by atoms with van der Waals surface area (Å²) in [6.07, 6.45) is 5.14. The number of nitrogens with zero attached hydrogens (tertiary/aromatic N) is 2. The van der Waals surface area contributed by atoms with Crippen molar-refractivity contribution >= 4 is 40.4 Å². The molecule has 0 bridgehead atoms. The van der Waals surface area contributed by atoms with E-state index in [9.17, 15) is 0 Å². The molecule has 0 aliphatic heterocycles. The summed E-state index contributed by atoms with van der Waals surface area (Å²) >= 11 is 14.5. The van der Waals surface area contributed by atoms with Crippen molar-refractivity contribution in [2.45, 2.75) is 58.9 Å². The van der Waals surface area contributed by atoms with E-state index in [1.165, 1.54) is 23.3 Å². The van der Waals surface area contributed by atoms with Gasteiger partial charge in [-0.3, -0.25) is 0 Å². The van der Waals surface area contributed by atoms with Crippen LogP contribution in [0.3, 0.4) is 0 Å². The first-order valence-electron chi connectivity index (χ1n) is 10.7. The standard InChI is InChI=1S/C24H27Cl2N3S/c1-4-14-7-10-21-17(11-12-30-21)22(14)29-24-20(6-3)27-23(19(5-2)28-24)16-9-8-15(25)13-18(16)26/h8-9,11-14,22H,4-7,10H2,1-3H3,(H,28,29)/t14-,22-/m0/s1. The van der Waals surface area contributed by atoms with Crippen LogP contribution in [0.1, 0.15) is 61.5 Å². The van der Waals surface area contributed by atoms with Crippen LogP contribution in [0, 0.1) is 5.92 Å². The van der Waals surface area contributed by atoms with Gasteiger partial charge in [0, 0.05) is 15.5 Å². The summed E-state index contributed by atoms with van der Waals surface area (Å²) < 4.78 is 0. The van der Waals surface area contributed by atoms with E-state index in [0.717, 1.165) is 47.7 Å². The molecule has 0 spiro atoms. The molecule has 2 aromatic heterocycles. The predicted octanol–water partition coefficient (Wildman–Crippen LogP) is 7.76. The van der Waals surface area contributed by atoms with Crippen molar-refractivity contribution in [3.63, 3.8) is 0 Å². The zero-order valence-corrected chi connectivity index (χ0v) is 20.0. The zero-order chi connectivity index (χ0) is 21.3. The normalized spacial score (nSPS) is 18.3. The first-order valence-corrected chi connectivity index (χ1v) is 12.4. The maximum absolute atomic E-state index is 6.50. The summed E-state index contributed by atoms with van der Waals surface area (Å²) in [5, 5.41) is 7.25. The lowest BCUT2D eigenvalue weighted by Crippen LogP contribution is -2.26. The fourth-order valence-corrected chi connectivity index (χ4v) is 5.80.